The summed E-state index contributed by atoms with van der Waals surface area (Å²) in [5.74, 6) is 0.478. The lowest BCUT2D eigenvalue weighted by atomic mass is 9.94. The second-order valence-corrected chi connectivity index (χ2v) is 5.78. The zero-order valence-corrected chi connectivity index (χ0v) is 12.5. The molecule has 3 N–H and O–H groups in total. The zero-order chi connectivity index (χ0) is 15.1. The van der Waals surface area contributed by atoms with Gasteiger partial charge in [0.1, 0.15) is 5.82 Å². The Labute approximate surface area is 120 Å². The molecule has 0 aliphatic heterocycles. The van der Waals surface area contributed by atoms with E-state index in [-0.39, 0.29) is 23.7 Å². The summed E-state index contributed by atoms with van der Waals surface area (Å²) in [7, 11) is 0. The summed E-state index contributed by atoms with van der Waals surface area (Å²) in [6, 6.07) is 6.06. The van der Waals surface area contributed by atoms with Crippen LogP contribution in [-0.4, -0.2) is 12.5 Å². The summed E-state index contributed by atoms with van der Waals surface area (Å²) < 4.78 is 12.9. The van der Waals surface area contributed by atoms with Crippen molar-refractivity contribution in [2.24, 2.45) is 17.6 Å². The molecule has 0 aliphatic rings. The number of carbonyl (C=O) groups is 1. The van der Waals surface area contributed by atoms with Gasteiger partial charge in [0.2, 0.25) is 5.91 Å². The maximum absolute atomic E-state index is 12.9. The third-order valence-electron chi connectivity index (χ3n) is 3.36. The van der Waals surface area contributed by atoms with Crippen LogP contribution in [0.5, 0.6) is 0 Å². The quantitative estimate of drug-likeness (QED) is 0.806. The number of amides is 1. The van der Waals surface area contributed by atoms with Crippen molar-refractivity contribution in [3.63, 3.8) is 0 Å². The molecule has 0 spiro atoms. The Kier molecular flexibility index (Phi) is 6.65. The van der Waals surface area contributed by atoms with Crippen molar-refractivity contribution in [1.82, 2.24) is 5.32 Å². The van der Waals surface area contributed by atoms with Gasteiger partial charge < -0.3 is 11.1 Å². The van der Waals surface area contributed by atoms with Gasteiger partial charge in [-0.05, 0) is 49.4 Å². The number of rotatable bonds is 7. The fraction of sp³-hybridized carbons (Fsp3) is 0.562. The Morgan fingerprint density at radius 3 is 2.35 bits per heavy atom. The van der Waals surface area contributed by atoms with E-state index in [1.807, 2.05) is 6.92 Å². The summed E-state index contributed by atoms with van der Waals surface area (Å²) >= 11 is 0. The molecule has 2 atom stereocenters. The van der Waals surface area contributed by atoms with E-state index in [0.717, 1.165) is 12.0 Å². The van der Waals surface area contributed by atoms with Gasteiger partial charge in [0.05, 0.1) is 6.04 Å². The van der Waals surface area contributed by atoms with Crippen LogP contribution in [0.1, 0.15) is 45.2 Å². The SMILES string of the molecule is CC(C)C[C@H](CN)CC(=O)N[C@@H](C)c1ccc(F)cc1. The van der Waals surface area contributed by atoms with E-state index < -0.39 is 0 Å². The number of halogens is 1. The van der Waals surface area contributed by atoms with Crippen LogP contribution in [0.2, 0.25) is 0 Å². The smallest absolute Gasteiger partial charge is 0.220 e. The molecule has 0 bridgehead atoms. The molecule has 0 heterocycles. The van der Waals surface area contributed by atoms with Crippen LogP contribution in [0, 0.1) is 17.7 Å². The van der Waals surface area contributed by atoms with Gasteiger partial charge in [0, 0.05) is 6.42 Å². The minimum Gasteiger partial charge on any atom is -0.350 e. The Morgan fingerprint density at radius 2 is 1.85 bits per heavy atom. The first-order chi connectivity index (χ1) is 9.42. The fourth-order valence-corrected chi connectivity index (χ4v) is 2.33. The Hall–Kier alpha value is -1.42. The van der Waals surface area contributed by atoms with E-state index in [0.29, 0.717) is 18.9 Å². The van der Waals surface area contributed by atoms with Gasteiger partial charge in [0.15, 0.2) is 0 Å². The third kappa shape index (κ3) is 5.70. The van der Waals surface area contributed by atoms with Gasteiger partial charge >= 0.3 is 0 Å². The summed E-state index contributed by atoms with van der Waals surface area (Å²) in [4.78, 5) is 12.0. The molecule has 0 saturated carbocycles. The van der Waals surface area contributed by atoms with Gasteiger partial charge in [-0.15, -0.1) is 0 Å². The van der Waals surface area contributed by atoms with Crippen molar-refractivity contribution >= 4 is 5.91 Å². The maximum Gasteiger partial charge on any atom is 0.220 e. The highest BCUT2D eigenvalue weighted by Crippen LogP contribution is 2.16. The third-order valence-corrected chi connectivity index (χ3v) is 3.36. The number of hydrogen-bond acceptors (Lipinski definition) is 2. The van der Waals surface area contributed by atoms with Crippen molar-refractivity contribution < 1.29 is 9.18 Å². The molecule has 112 valence electrons. The summed E-state index contributed by atoms with van der Waals surface area (Å²) in [5.41, 5.74) is 6.60. The predicted molar refractivity (Wildman–Crippen MR) is 79.6 cm³/mol. The first-order valence-corrected chi connectivity index (χ1v) is 7.17. The second-order valence-electron chi connectivity index (χ2n) is 5.78. The number of nitrogens with one attached hydrogen (secondary N) is 1. The van der Waals surface area contributed by atoms with Crippen LogP contribution in [0.15, 0.2) is 24.3 Å². The lowest BCUT2D eigenvalue weighted by Gasteiger charge is -2.19. The molecular weight excluding hydrogens is 255 g/mol. The highest BCUT2D eigenvalue weighted by atomic mass is 19.1. The van der Waals surface area contributed by atoms with Crippen molar-refractivity contribution in [3.05, 3.63) is 35.6 Å². The second kappa shape index (κ2) is 8.00. The number of benzene rings is 1. The number of carbonyl (C=O) groups excluding carboxylic acids is 1. The molecule has 20 heavy (non-hydrogen) atoms. The molecule has 0 aliphatic carbocycles. The average molecular weight is 280 g/mol. The average Bonchev–Trinajstić information content (AvgIpc) is 2.37. The largest absolute Gasteiger partial charge is 0.350 e. The minimum absolute atomic E-state index is 0.00192. The van der Waals surface area contributed by atoms with E-state index >= 15 is 0 Å². The lowest BCUT2D eigenvalue weighted by Crippen LogP contribution is -2.30. The first kappa shape index (κ1) is 16.6. The van der Waals surface area contributed by atoms with Gasteiger partial charge in [-0.25, -0.2) is 4.39 Å². The van der Waals surface area contributed by atoms with Crippen molar-refractivity contribution in [2.45, 2.75) is 39.7 Å². The number of hydrogen-bond donors (Lipinski definition) is 2. The minimum atomic E-state index is -0.271. The molecule has 1 amide bonds. The Balaban J connectivity index is 2.50. The highest BCUT2D eigenvalue weighted by molar-refractivity contribution is 5.76. The molecule has 0 aromatic heterocycles. The molecule has 0 fully saturated rings. The molecule has 0 saturated heterocycles. The molecule has 4 heteroatoms. The van der Waals surface area contributed by atoms with E-state index in [4.69, 9.17) is 5.73 Å². The molecule has 0 unspecified atom stereocenters. The molecule has 0 radical (unpaired) electrons. The zero-order valence-electron chi connectivity index (χ0n) is 12.5. The van der Waals surface area contributed by atoms with Crippen LogP contribution >= 0.6 is 0 Å². The van der Waals surface area contributed by atoms with Crippen LogP contribution in [0.25, 0.3) is 0 Å². The predicted octanol–water partition coefficient (Wildman–Crippen LogP) is 3.01. The molecule has 1 rings (SSSR count). The fourth-order valence-electron chi connectivity index (χ4n) is 2.33. The lowest BCUT2D eigenvalue weighted by molar-refractivity contribution is -0.122. The molecule has 1 aromatic rings. The van der Waals surface area contributed by atoms with Gasteiger partial charge in [0.25, 0.3) is 0 Å². The van der Waals surface area contributed by atoms with Gasteiger partial charge in [-0.2, -0.15) is 0 Å². The Morgan fingerprint density at radius 1 is 1.25 bits per heavy atom. The van der Waals surface area contributed by atoms with E-state index in [2.05, 4.69) is 19.2 Å². The van der Waals surface area contributed by atoms with Crippen molar-refractivity contribution in [2.75, 3.05) is 6.54 Å². The molecule has 3 nitrogen and oxygen atoms in total. The standard InChI is InChI=1S/C16H25FN2O/c1-11(2)8-13(10-18)9-16(20)19-12(3)14-4-6-15(17)7-5-14/h4-7,11-13H,8-10,18H2,1-3H3,(H,19,20)/t12-,13-/m0/s1. The maximum atomic E-state index is 12.9. The van der Waals surface area contributed by atoms with Gasteiger partial charge in [-0.3, -0.25) is 4.79 Å². The summed E-state index contributed by atoms with van der Waals surface area (Å²) in [5, 5.41) is 2.94. The van der Waals surface area contributed by atoms with E-state index in [1.165, 1.54) is 12.1 Å². The van der Waals surface area contributed by atoms with Crippen molar-refractivity contribution in [1.29, 1.82) is 0 Å². The summed E-state index contributed by atoms with van der Waals surface area (Å²) in [6.07, 6.45) is 1.40. The number of nitrogens with two attached hydrogens (primary N) is 1. The van der Waals surface area contributed by atoms with Gasteiger partial charge in [-0.1, -0.05) is 26.0 Å². The Bertz CT molecular complexity index is 417. The molecule has 1 aromatic carbocycles. The van der Waals surface area contributed by atoms with E-state index in [9.17, 15) is 9.18 Å². The topological polar surface area (TPSA) is 55.1 Å². The highest BCUT2D eigenvalue weighted by Gasteiger charge is 2.16. The monoisotopic (exact) mass is 280 g/mol. The summed E-state index contributed by atoms with van der Waals surface area (Å²) in [6.45, 7) is 6.67. The van der Waals surface area contributed by atoms with Crippen LogP contribution in [0.3, 0.4) is 0 Å². The van der Waals surface area contributed by atoms with E-state index in [1.54, 1.807) is 12.1 Å². The molecular formula is C16H25FN2O. The van der Waals surface area contributed by atoms with Crippen LogP contribution in [0.4, 0.5) is 4.39 Å². The van der Waals surface area contributed by atoms with Crippen molar-refractivity contribution in [3.8, 4) is 0 Å². The van der Waals surface area contributed by atoms with Crippen LogP contribution in [-0.2, 0) is 4.79 Å². The van der Waals surface area contributed by atoms with Crippen LogP contribution < -0.4 is 11.1 Å². The first-order valence-electron chi connectivity index (χ1n) is 7.17. The normalized spacial score (nSPS) is 14.1.